The molecule has 1 aliphatic heterocycles. The first-order chi connectivity index (χ1) is 13.1. The summed E-state index contributed by atoms with van der Waals surface area (Å²) in [5, 5.41) is -0.232. The Morgan fingerprint density at radius 3 is 2.26 bits per heavy atom. The van der Waals surface area contributed by atoms with Crippen molar-refractivity contribution in [2.24, 2.45) is 0 Å². The van der Waals surface area contributed by atoms with Gasteiger partial charge in [0.15, 0.2) is 0 Å². The number of rotatable bonds is 4. The summed E-state index contributed by atoms with van der Waals surface area (Å²) in [5.74, 6) is -0.243. The minimum Gasteiger partial charge on any atom is -0.314 e. The van der Waals surface area contributed by atoms with Gasteiger partial charge in [0, 0.05) is 17.1 Å². The molecule has 0 spiro atoms. The Morgan fingerprint density at radius 2 is 1.56 bits per heavy atom. The molecule has 1 aliphatic rings. The summed E-state index contributed by atoms with van der Waals surface area (Å²) in [5.41, 5.74) is 3.90. The van der Waals surface area contributed by atoms with Crippen molar-refractivity contribution in [2.75, 3.05) is 0 Å². The molecule has 4 nitrogen and oxygen atoms in total. The number of para-hydroxylation sites is 1. The number of benzene rings is 2. The number of imide groups is 1. The van der Waals surface area contributed by atoms with Crippen molar-refractivity contribution in [3.05, 3.63) is 94.7 Å². The number of amides is 2. The number of carbonyl (C=O) groups is 2. The van der Waals surface area contributed by atoms with Crippen molar-refractivity contribution < 1.29 is 9.59 Å². The van der Waals surface area contributed by atoms with Crippen molar-refractivity contribution in [3.8, 4) is 5.69 Å². The van der Waals surface area contributed by atoms with Gasteiger partial charge in [-0.3, -0.25) is 14.5 Å². The Hall–Kier alpha value is -3.05. The fraction of sp³-hybridized carbons (Fsp3) is 0.0909. The van der Waals surface area contributed by atoms with E-state index < -0.39 is 0 Å². The molecule has 2 aromatic carbocycles. The molecule has 0 bridgehead atoms. The van der Waals surface area contributed by atoms with Gasteiger partial charge < -0.3 is 4.57 Å². The van der Waals surface area contributed by atoms with E-state index in [2.05, 4.69) is 4.57 Å². The third-order valence-corrected chi connectivity index (χ3v) is 5.36. The van der Waals surface area contributed by atoms with Gasteiger partial charge in [-0.1, -0.05) is 48.5 Å². The standard InChI is InChI=1S/C22H18N2O2S/c1-16-12-13-19(24(16)18-10-6-3-7-11-18)14-20-21(25)23(22(26)27-20)15-17-8-4-2-5-9-17/h2-14H,15H2,1H3/b20-14-. The van der Waals surface area contributed by atoms with Crippen molar-refractivity contribution in [1.82, 2.24) is 9.47 Å². The van der Waals surface area contributed by atoms with Crippen LogP contribution in [0.5, 0.6) is 0 Å². The second-order valence-electron chi connectivity index (χ2n) is 6.32. The molecule has 1 fully saturated rings. The van der Waals surface area contributed by atoms with Gasteiger partial charge in [-0.05, 0) is 54.6 Å². The summed E-state index contributed by atoms with van der Waals surface area (Å²) in [4.78, 5) is 26.9. The minimum atomic E-state index is -0.243. The summed E-state index contributed by atoms with van der Waals surface area (Å²) in [6.45, 7) is 2.31. The number of hydrogen-bond donors (Lipinski definition) is 0. The quantitative estimate of drug-likeness (QED) is 0.602. The third-order valence-electron chi connectivity index (χ3n) is 4.46. The third kappa shape index (κ3) is 3.46. The number of carbonyl (C=O) groups excluding carboxylic acids is 2. The van der Waals surface area contributed by atoms with E-state index in [1.54, 1.807) is 6.08 Å². The molecular formula is C22H18N2O2S. The molecule has 0 aliphatic carbocycles. The summed E-state index contributed by atoms with van der Waals surface area (Å²) in [6.07, 6.45) is 1.80. The van der Waals surface area contributed by atoms with Gasteiger partial charge in [0.25, 0.3) is 11.1 Å². The molecule has 3 aromatic rings. The number of hydrogen-bond acceptors (Lipinski definition) is 3. The lowest BCUT2D eigenvalue weighted by Crippen LogP contribution is -2.27. The highest BCUT2D eigenvalue weighted by Gasteiger charge is 2.35. The zero-order valence-electron chi connectivity index (χ0n) is 14.8. The first kappa shape index (κ1) is 17.4. The number of aromatic nitrogens is 1. The van der Waals surface area contributed by atoms with Crippen LogP contribution in [-0.2, 0) is 11.3 Å². The van der Waals surface area contributed by atoms with E-state index in [9.17, 15) is 9.59 Å². The molecule has 2 amide bonds. The molecule has 134 valence electrons. The van der Waals surface area contributed by atoms with E-state index in [0.29, 0.717) is 11.4 Å². The fourth-order valence-corrected chi connectivity index (χ4v) is 3.96. The number of thioether (sulfide) groups is 1. The largest absolute Gasteiger partial charge is 0.314 e. The van der Waals surface area contributed by atoms with E-state index in [4.69, 9.17) is 0 Å². The van der Waals surface area contributed by atoms with E-state index in [-0.39, 0.29) is 11.1 Å². The SMILES string of the molecule is Cc1ccc(/C=C2\SC(=O)N(Cc3ccccc3)C2=O)n1-c1ccccc1. The van der Waals surface area contributed by atoms with E-state index in [1.807, 2.05) is 79.7 Å². The molecule has 0 atom stereocenters. The lowest BCUT2D eigenvalue weighted by molar-refractivity contribution is -0.123. The van der Waals surface area contributed by atoms with Gasteiger partial charge in [0.1, 0.15) is 0 Å². The average Bonchev–Trinajstić information content (AvgIpc) is 3.18. The molecule has 5 heteroatoms. The van der Waals surface area contributed by atoms with Crippen LogP contribution >= 0.6 is 11.8 Å². The van der Waals surface area contributed by atoms with Gasteiger partial charge in [0.2, 0.25) is 0 Å². The summed E-state index contributed by atoms with van der Waals surface area (Å²) in [7, 11) is 0. The van der Waals surface area contributed by atoms with Crippen molar-refractivity contribution in [1.29, 1.82) is 0 Å². The predicted octanol–water partition coefficient (Wildman–Crippen LogP) is 5.02. The average molecular weight is 374 g/mol. The van der Waals surface area contributed by atoms with Crippen molar-refractivity contribution >= 4 is 29.0 Å². The van der Waals surface area contributed by atoms with E-state index >= 15 is 0 Å². The molecule has 0 N–H and O–H groups in total. The molecule has 1 aromatic heterocycles. The topological polar surface area (TPSA) is 42.3 Å². The predicted molar refractivity (Wildman–Crippen MR) is 108 cm³/mol. The Balaban J connectivity index is 1.64. The molecule has 1 saturated heterocycles. The molecule has 0 saturated carbocycles. The first-order valence-corrected chi connectivity index (χ1v) is 9.48. The van der Waals surface area contributed by atoms with Crippen LogP contribution in [0, 0.1) is 6.92 Å². The highest BCUT2D eigenvalue weighted by atomic mass is 32.2. The molecular weight excluding hydrogens is 356 g/mol. The lowest BCUT2D eigenvalue weighted by atomic mass is 10.2. The number of nitrogens with zero attached hydrogens (tertiary/aromatic N) is 2. The van der Waals surface area contributed by atoms with Crippen LogP contribution in [0.15, 0.2) is 77.7 Å². The molecule has 2 heterocycles. The Bertz CT molecular complexity index is 1020. The van der Waals surface area contributed by atoms with Crippen molar-refractivity contribution in [3.63, 3.8) is 0 Å². The monoisotopic (exact) mass is 374 g/mol. The lowest BCUT2D eigenvalue weighted by Gasteiger charge is -2.12. The van der Waals surface area contributed by atoms with Gasteiger partial charge >= 0.3 is 0 Å². The van der Waals surface area contributed by atoms with E-state index in [1.165, 1.54) is 4.90 Å². The minimum absolute atomic E-state index is 0.232. The van der Waals surface area contributed by atoms with Crippen molar-refractivity contribution in [2.45, 2.75) is 13.5 Å². The zero-order valence-corrected chi connectivity index (χ0v) is 15.6. The molecule has 0 unspecified atom stereocenters. The van der Waals surface area contributed by atoms with Crippen LogP contribution in [0.3, 0.4) is 0 Å². The number of aryl methyl sites for hydroxylation is 1. The molecule has 27 heavy (non-hydrogen) atoms. The van der Waals surface area contributed by atoms with Gasteiger partial charge in [-0.25, -0.2) is 0 Å². The maximum Gasteiger partial charge on any atom is 0.293 e. The van der Waals surface area contributed by atoms with Gasteiger partial charge in [0.05, 0.1) is 11.4 Å². The Kier molecular flexibility index (Phi) is 4.69. The fourth-order valence-electron chi connectivity index (χ4n) is 3.14. The van der Waals surface area contributed by atoms with Crippen LogP contribution in [0.2, 0.25) is 0 Å². The van der Waals surface area contributed by atoms with Crippen LogP contribution < -0.4 is 0 Å². The maximum absolute atomic E-state index is 12.8. The Morgan fingerprint density at radius 1 is 0.889 bits per heavy atom. The first-order valence-electron chi connectivity index (χ1n) is 8.66. The highest BCUT2D eigenvalue weighted by Crippen LogP contribution is 2.34. The molecule has 0 radical (unpaired) electrons. The molecule has 4 rings (SSSR count). The summed E-state index contributed by atoms with van der Waals surface area (Å²) in [6, 6.07) is 23.5. The normalized spacial score (nSPS) is 15.7. The van der Waals surface area contributed by atoms with Crippen LogP contribution in [-0.4, -0.2) is 20.6 Å². The van der Waals surface area contributed by atoms with Crippen LogP contribution in [0.25, 0.3) is 11.8 Å². The second-order valence-corrected chi connectivity index (χ2v) is 7.32. The summed E-state index contributed by atoms with van der Waals surface area (Å²) < 4.78 is 2.07. The Labute approximate surface area is 162 Å². The summed E-state index contributed by atoms with van der Waals surface area (Å²) >= 11 is 0.994. The van der Waals surface area contributed by atoms with Gasteiger partial charge in [-0.15, -0.1) is 0 Å². The van der Waals surface area contributed by atoms with Crippen LogP contribution in [0.1, 0.15) is 17.0 Å². The highest BCUT2D eigenvalue weighted by molar-refractivity contribution is 8.18. The van der Waals surface area contributed by atoms with E-state index in [0.717, 1.165) is 34.4 Å². The zero-order chi connectivity index (χ0) is 18.8. The van der Waals surface area contributed by atoms with Crippen LogP contribution in [0.4, 0.5) is 4.79 Å². The van der Waals surface area contributed by atoms with Gasteiger partial charge in [-0.2, -0.15) is 0 Å². The second kappa shape index (κ2) is 7.29. The maximum atomic E-state index is 12.8. The smallest absolute Gasteiger partial charge is 0.293 e.